The summed E-state index contributed by atoms with van der Waals surface area (Å²) in [5, 5.41) is 0. The number of para-hydroxylation sites is 1. The summed E-state index contributed by atoms with van der Waals surface area (Å²) in [4.78, 5) is 0. The van der Waals surface area contributed by atoms with Crippen LogP contribution in [0.3, 0.4) is 0 Å². The summed E-state index contributed by atoms with van der Waals surface area (Å²) >= 11 is 1.99. The fraction of sp³-hybridized carbons (Fsp3) is 0.333. The van der Waals surface area contributed by atoms with Gasteiger partial charge in [-0.3, -0.25) is 0 Å². The van der Waals surface area contributed by atoms with E-state index in [2.05, 4.69) is 6.92 Å². The predicted molar refractivity (Wildman–Crippen MR) is 90.7 cm³/mol. The largest absolute Gasteiger partial charge is 0.494 e. The zero-order valence-electron chi connectivity index (χ0n) is 12.5. The highest BCUT2D eigenvalue weighted by molar-refractivity contribution is 7.99. The molecule has 0 aromatic heterocycles. The van der Waals surface area contributed by atoms with Gasteiger partial charge in [0.1, 0.15) is 17.2 Å². The first-order chi connectivity index (χ1) is 10.4. The summed E-state index contributed by atoms with van der Waals surface area (Å²) in [6, 6.07) is 17.6. The number of thioether (sulfide) groups is 1. The van der Waals surface area contributed by atoms with E-state index in [0.29, 0.717) is 0 Å². The highest BCUT2D eigenvalue weighted by Crippen LogP contribution is 2.23. The molecule has 0 amide bonds. The van der Waals surface area contributed by atoms with Crippen LogP contribution in [-0.4, -0.2) is 18.1 Å². The minimum absolute atomic E-state index is 0.773. The molecule has 0 unspecified atom stereocenters. The molecule has 2 aromatic rings. The number of rotatable bonds is 9. The first-order valence-corrected chi connectivity index (χ1v) is 8.57. The first-order valence-electron chi connectivity index (χ1n) is 7.42. The lowest BCUT2D eigenvalue weighted by Gasteiger charge is -2.08. The van der Waals surface area contributed by atoms with Crippen LogP contribution in [0.5, 0.6) is 17.2 Å². The van der Waals surface area contributed by atoms with E-state index in [1.54, 1.807) is 0 Å². The van der Waals surface area contributed by atoms with Crippen molar-refractivity contribution in [3.8, 4) is 17.2 Å². The van der Waals surface area contributed by atoms with Gasteiger partial charge >= 0.3 is 0 Å². The van der Waals surface area contributed by atoms with Crippen LogP contribution in [-0.2, 0) is 0 Å². The second-order valence-electron chi connectivity index (χ2n) is 4.70. The molecule has 112 valence electrons. The van der Waals surface area contributed by atoms with E-state index in [0.717, 1.165) is 30.3 Å². The van der Waals surface area contributed by atoms with Gasteiger partial charge in [0.15, 0.2) is 0 Å². The summed E-state index contributed by atoms with van der Waals surface area (Å²) in [5.41, 5.74) is 0. The number of benzene rings is 2. The highest BCUT2D eigenvalue weighted by Gasteiger charge is 1.98. The van der Waals surface area contributed by atoms with Gasteiger partial charge < -0.3 is 9.47 Å². The molecule has 0 saturated heterocycles. The zero-order valence-corrected chi connectivity index (χ0v) is 13.3. The third-order valence-corrected chi connectivity index (χ3v) is 4.13. The van der Waals surface area contributed by atoms with E-state index in [-0.39, 0.29) is 0 Å². The normalized spacial score (nSPS) is 10.3. The third-order valence-electron chi connectivity index (χ3n) is 2.85. The molecule has 3 heteroatoms. The predicted octanol–water partition coefficient (Wildman–Crippen LogP) is 5.39. The van der Waals surface area contributed by atoms with Crippen molar-refractivity contribution in [2.24, 2.45) is 0 Å². The fourth-order valence-corrected chi connectivity index (χ4v) is 2.64. The van der Waals surface area contributed by atoms with Crippen molar-refractivity contribution in [1.82, 2.24) is 0 Å². The Morgan fingerprint density at radius 2 is 1.48 bits per heavy atom. The van der Waals surface area contributed by atoms with E-state index in [1.165, 1.54) is 17.9 Å². The Morgan fingerprint density at radius 1 is 0.810 bits per heavy atom. The molecule has 0 spiro atoms. The molecule has 2 rings (SSSR count). The van der Waals surface area contributed by atoms with Gasteiger partial charge in [0.25, 0.3) is 0 Å². The van der Waals surface area contributed by atoms with Crippen LogP contribution in [0.15, 0.2) is 54.6 Å². The van der Waals surface area contributed by atoms with E-state index < -0.39 is 0 Å². The van der Waals surface area contributed by atoms with E-state index in [9.17, 15) is 0 Å². The van der Waals surface area contributed by atoms with Crippen molar-refractivity contribution in [3.05, 3.63) is 54.6 Å². The monoisotopic (exact) mass is 302 g/mol. The van der Waals surface area contributed by atoms with E-state index in [1.807, 2.05) is 66.4 Å². The molecule has 0 aliphatic rings. The van der Waals surface area contributed by atoms with Crippen molar-refractivity contribution in [2.45, 2.75) is 19.8 Å². The average Bonchev–Trinajstić information content (AvgIpc) is 2.53. The molecule has 0 bridgehead atoms. The Labute approximate surface area is 131 Å². The highest BCUT2D eigenvalue weighted by atomic mass is 32.2. The fourth-order valence-electron chi connectivity index (χ4n) is 1.83. The van der Waals surface area contributed by atoms with Gasteiger partial charge in [-0.1, -0.05) is 25.1 Å². The van der Waals surface area contributed by atoms with Gasteiger partial charge in [0.2, 0.25) is 0 Å². The second-order valence-corrected chi connectivity index (χ2v) is 5.93. The van der Waals surface area contributed by atoms with Crippen molar-refractivity contribution in [3.63, 3.8) is 0 Å². The van der Waals surface area contributed by atoms with Crippen LogP contribution in [0.2, 0.25) is 0 Å². The molecule has 0 atom stereocenters. The van der Waals surface area contributed by atoms with Crippen molar-refractivity contribution < 1.29 is 9.47 Å². The summed E-state index contributed by atoms with van der Waals surface area (Å²) in [5.74, 6) is 4.98. The molecule has 0 aliphatic heterocycles. The molecular formula is C18H22O2S. The van der Waals surface area contributed by atoms with Gasteiger partial charge in [-0.2, -0.15) is 11.8 Å². The molecule has 0 radical (unpaired) electrons. The molecule has 0 saturated carbocycles. The standard InChI is InChI=1S/C18H22O2S/c1-2-14-21-15-6-13-19-16-9-11-18(12-10-16)20-17-7-4-3-5-8-17/h3-5,7-12H,2,6,13-15H2,1H3. The number of hydrogen-bond acceptors (Lipinski definition) is 3. The minimum atomic E-state index is 0.773. The van der Waals surface area contributed by atoms with Gasteiger partial charge in [0.05, 0.1) is 6.61 Å². The van der Waals surface area contributed by atoms with Crippen molar-refractivity contribution >= 4 is 11.8 Å². The molecule has 0 N–H and O–H groups in total. The topological polar surface area (TPSA) is 18.5 Å². The maximum Gasteiger partial charge on any atom is 0.127 e. The molecule has 2 nitrogen and oxygen atoms in total. The SMILES string of the molecule is CCCSCCCOc1ccc(Oc2ccccc2)cc1. The van der Waals surface area contributed by atoms with Gasteiger partial charge in [-0.05, 0) is 60.7 Å². The lowest BCUT2D eigenvalue weighted by atomic mass is 10.3. The summed E-state index contributed by atoms with van der Waals surface area (Å²) < 4.78 is 11.5. The number of hydrogen-bond donors (Lipinski definition) is 0. The Hall–Kier alpha value is -1.61. The van der Waals surface area contributed by atoms with Crippen LogP contribution >= 0.6 is 11.8 Å². The zero-order chi connectivity index (χ0) is 14.8. The average molecular weight is 302 g/mol. The van der Waals surface area contributed by atoms with Gasteiger partial charge in [0, 0.05) is 0 Å². The quantitative estimate of drug-likeness (QED) is 0.578. The molecule has 21 heavy (non-hydrogen) atoms. The minimum Gasteiger partial charge on any atom is -0.494 e. The van der Waals surface area contributed by atoms with Crippen molar-refractivity contribution in [2.75, 3.05) is 18.1 Å². The molecule has 0 heterocycles. The van der Waals surface area contributed by atoms with Crippen molar-refractivity contribution in [1.29, 1.82) is 0 Å². The summed E-state index contributed by atoms with van der Waals surface area (Å²) in [6.07, 6.45) is 2.33. The van der Waals surface area contributed by atoms with Crippen LogP contribution in [0.1, 0.15) is 19.8 Å². The van der Waals surface area contributed by atoms with E-state index in [4.69, 9.17) is 9.47 Å². The van der Waals surface area contributed by atoms with Crippen LogP contribution in [0.4, 0.5) is 0 Å². The maximum atomic E-state index is 5.74. The molecule has 0 aliphatic carbocycles. The second kappa shape index (κ2) is 9.35. The van der Waals surface area contributed by atoms with Crippen LogP contribution < -0.4 is 9.47 Å². The lowest BCUT2D eigenvalue weighted by Crippen LogP contribution is -1.98. The first kappa shape index (κ1) is 15.8. The Kier molecular flexibility index (Phi) is 7.02. The third kappa shape index (κ3) is 6.13. The lowest BCUT2D eigenvalue weighted by molar-refractivity contribution is 0.318. The Bertz CT molecular complexity index is 496. The Balaban J connectivity index is 1.72. The van der Waals surface area contributed by atoms with Crippen LogP contribution in [0, 0.1) is 0 Å². The maximum absolute atomic E-state index is 5.74. The molecule has 2 aromatic carbocycles. The van der Waals surface area contributed by atoms with E-state index >= 15 is 0 Å². The van der Waals surface area contributed by atoms with Gasteiger partial charge in [-0.25, -0.2) is 0 Å². The van der Waals surface area contributed by atoms with Gasteiger partial charge in [-0.15, -0.1) is 0 Å². The Morgan fingerprint density at radius 3 is 2.19 bits per heavy atom. The smallest absolute Gasteiger partial charge is 0.127 e. The number of ether oxygens (including phenoxy) is 2. The molecule has 0 fully saturated rings. The molecular weight excluding hydrogens is 280 g/mol. The summed E-state index contributed by atoms with van der Waals surface area (Å²) in [7, 11) is 0. The van der Waals surface area contributed by atoms with Crippen LogP contribution in [0.25, 0.3) is 0 Å². The summed E-state index contributed by atoms with van der Waals surface area (Å²) in [6.45, 7) is 2.98.